The average Bonchev–Trinajstić information content (AvgIpc) is 3.00. The van der Waals surface area contributed by atoms with Gasteiger partial charge < -0.3 is 10.6 Å². The van der Waals surface area contributed by atoms with Gasteiger partial charge in [-0.1, -0.05) is 13.8 Å². The van der Waals surface area contributed by atoms with Crippen LogP contribution in [0.4, 0.5) is 0 Å². The van der Waals surface area contributed by atoms with Crippen molar-refractivity contribution < 1.29 is 0 Å². The van der Waals surface area contributed by atoms with Crippen molar-refractivity contribution in [3.8, 4) is 0 Å². The second-order valence-electron chi connectivity index (χ2n) is 6.65. The Morgan fingerprint density at radius 2 is 2.14 bits per heavy atom. The maximum absolute atomic E-state index is 4.76. The lowest BCUT2D eigenvalue weighted by Crippen LogP contribution is -2.45. The van der Waals surface area contributed by atoms with Crippen molar-refractivity contribution in [2.75, 3.05) is 13.1 Å². The molecule has 1 aliphatic rings. The molecule has 0 radical (unpaired) electrons. The molecule has 124 valence electrons. The van der Waals surface area contributed by atoms with Gasteiger partial charge in [-0.3, -0.25) is 9.67 Å². The summed E-state index contributed by atoms with van der Waals surface area (Å²) >= 11 is 0. The van der Waals surface area contributed by atoms with E-state index in [1.165, 1.54) is 25.7 Å². The Morgan fingerprint density at radius 1 is 1.36 bits per heavy atom. The van der Waals surface area contributed by atoms with E-state index in [1.807, 2.05) is 23.1 Å². The molecule has 5 nitrogen and oxygen atoms in total. The van der Waals surface area contributed by atoms with Gasteiger partial charge in [0, 0.05) is 38.1 Å². The summed E-state index contributed by atoms with van der Waals surface area (Å²) in [5.41, 5.74) is 0. The molecule has 1 aliphatic carbocycles. The molecule has 0 aromatic carbocycles. The standard InChI is InChI=1S/C17H31N5/c1-4-18-17(21-16-8-6-14(2)7-9-16)19-12-15(3)13-22-11-5-10-20-22/h5,10-11,14-16H,4,6-9,12-13H2,1-3H3,(H2,18,19,21). The van der Waals surface area contributed by atoms with Gasteiger partial charge in [-0.05, 0) is 50.5 Å². The number of nitrogens with zero attached hydrogens (tertiary/aromatic N) is 3. The molecule has 0 spiro atoms. The van der Waals surface area contributed by atoms with Crippen molar-refractivity contribution in [2.24, 2.45) is 16.8 Å². The van der Waals surface area contributed by atoms with E-state index in [2.05, 4.69) is 36.5 Å². The van der Waals surface area contributed by atoms with E-state index in [1.54, 1.807) is 0 Å². The van der Waals surface area contributed by atoms with Crippen LogP contribution in [0.25, 0.3) is 0 Å². The van der Waals surface area contributed by atoms with Crippen LogP contribution in [0.3, 0.4) is 0 Å². The number of aromatic nitrogens is 2. The van der Waals surface area contributed by atoms with Crippen molar-refractivity contribution >= 4 is 5.96 Å². The Bertz CT molecular complexity index is 432. The van der Waals surface area contributed by atoms with Crippen molar-refractivity contribution in [3.05, 3.63) is 18.5 Å². The fraction of sp³-hybridized carbons (Fsp3) is 0.765. The van der Waals surface area contributed by atoms with Gasteiger partial charge in [-0.15, -0.1) is 0 Å². The fourth-order valence-corrected chi connectivity index (χ4v) is 2.95. The first kappa shape index (κ1) is 16.8. The summed E-state index contributed by atoms with van der Waals surface area (Å²) in [6.45, 7) is 9.33. The Morgan fingerprint density at radius 3 is 2.77 bits per heavy atom. The summed E-state index contributed by atoms with van der Waals surface area (Å²) in [5, 5.41) is 11.2. The molecule has 0 saturated heterocycles. The molecule has 1 atom stereocenters. The van der Waals surface area contributed by atoms with Gasteiger partial charge >= 0.3 is 0 Å². The monoisotopic (exact) mass is 305 g/mol. The van der Waals surface area contributed by atoms with Crippen molar-refractivity contribution in [3.63, 3.8) is 0 Å². The van der Waals surface area contributed by atoms with Crippen LogP contribution < -0.4 is 10.6 Å². The molecule has 2 rings (SSSR count). The van der Waals surface area contributed by atoms with E-state index in [0.29, 0.717) is 12.0 Å². The summed E-state index contributed by atoms with van der Waals surface area (Å²) in [7, 11) is 0. The number of nitrogens with one attached hydrogen (secondary N) is 2. The van der Waals surface area contributed by atoms with Crippen LogP contribution in [0.15, 0.2) is 23.5 Å². The van der Waals surface area contributed by atoms with E-state index in [0.717, 1.165) is 31.5 Å². The molecule has 0 aliphatic heterocycles. The lowest BCUT2D eigenvalue weighted by Gasteiger charge is -2.28. The first-order chi connectivity index (χ1) is 10.7. The highest BCUT2D eigenvalue weighted by Gasteiger charge is 2.18. The maximum Gasteiger partial charge on any atom is 0.191 e. The highest BCUT2D eigenvalue weighted by molar-refractivity contribution is 5.80. The number of aliphatic imine (C=N–C) groups is 1. The molecule has 1 heterocycles. The minimum absolute atomic E-state index is 0.474. The number of rotatable bonds is 6. The quantitative estimate of drug-likeness (QED) is 0.627. The van der Waals surface area contributed by atoms with Gasteiger partial charge in [0.2, 0.25) is 0 Å². The van der Waals surface area contributed by atoms with Crippen molar-refractivity contribution in [1.82, 2.24) is 20.4 Å². The van der Waals surface area contributed by atoms with Crippen LogP contribution in [0.5, 0.6) is 0 Å². The zero-order valence-corrected chi connectivity index (χ0v) is 14.3. The summed E-state index contributed by atoms with van der Waals surface area (Å²) in [5.74, 6) is 2.32. The summed E-state index contributed by atoms with van der Waals surface area (Å²) < 4.78 is 1.98. The van der Waals surface area contributed by atoms with Crippen molar-refractivity contribution in [1.29, 1.82) is 0 Å². The molecule has 1 unspecified atom stereocenters. The number of guanidine groups is 1. The molecule has 5 heteroatoms. The van der Waals surface area contributed by atoms with Crippen LogP contribution in [-0.2, 0) is 6.54 Å². The summed E-state index contributed by atoms with van der Waals surface area (Å²) in [6.07, 6.45) is 9.00. The van der Waals surface area contributed by atoms with E-state index in [-0.39, 0.29) is 0 Å². The largest absolute Gasteiger partial charge is 0.357 e. The second-order valence-corrected chi connectivity index (χ2v) is 6.65. The topological polar surface area (TPSA) is 54.2 Å². The molecule has 1 aromatic heterocycles. The molecule has 1 saturated carbocycles. The van der Waals surface area contributed by atoms with E-state index < -0.39 is 0 Å². The van der Waals surface area contributed by atoms with E-state index in [9.17, 15) is 0 Å². The molecule has 1 fully saturated rings. The molecule has 1 aromatic rings. The average molecular weight is 305 g/mol. The van der Waals surface area contributed by atoms with Crippen LogP contribution in [0, 0.1) is 11.8 Å². The van der Waals surface area contributed by atoms with Crippen LogP contribution in [-0.4, -0.2) is 34.9 Å². The Hall–Kier alpha value is -1.52. The first-order valence-electron chi connectivity index (χ1n) is 8.69. The van der Waals surface area contributed by atoms with Crippen LogP contribution in [0.2, 0.25) is 0 Å². The van der Waals surface area contributed by atoms with Gasteiger partial charge in [0.25, 0.3) is 0 Å². The van der Waals surface area contributed by atoms with Gasteiger partial charge in [-0.25, -0.2) is 0 Å². The normalized spacial score (nSPS) is 24.0. The third kappa shape index (κ3) is 5.70. The van der Waals surface area contributed by atoms with Gasteiger partial charge in [0.05, 0.1) is 0 Å². The third-order valence-corrected chi connectivity index (χ3v) is 4.32. The lowest BCUT2D eigenvalue weighted by molar-refractivity contribution is 0.329. The predicted molar refractivity (Wildman–Crippen MR) is 91.9 cm³/mol. The lowest BCUT2D eigenvalue weighted by atomic mass is 9.87. The summed E-state index contributed by atoms with van der Waals surface area (Å²) in [6, 6.07) is 2.54. The minimum Gasteiger partial charge on any atom is -0.357 e. The van der Waals surface area contributed by atoms with Gasteiger partial charge in [0.1, 0.15) is 0 Å². The predicted octanol–water partition coefficient (Wildman–Crippen LogP) is 2.65. The molecule has 2 N–H and O–H groups in total. The van der Waals surface area contributed by atoms with E-state index >= 15 is 0 Å². The number of hydrogen-bond acceptors (Lipinski definition) is 2. The maximum atomic E-state index is 4.76. The molecule has 0 amide bonds. The zero-order valence-electron chi connectivity index (χ0n) is 14.3. The first-order valence-corrected chi connectivity index (χ1v) is 8.69. The number of hydrogen-bond donors (Lipinski definition) is 2. The van der Waals surface area contributed by atoms with Gasteiger partial charge in [0.15, 0.2) is 5.96 Å². The van der Waals surface area contributed by atoms with E-state index in [4.69, 9.17) is 4.99 Å². The highest BCUT2D eigenvalue weighted by Crippen LogP contribution is 2.23. The third-order valence-electron chi connectivity index (χ3n) is 4.32. The highest BCUT2D eigenvalue weighted by atomic mass is 15.3. The SMILES string of the molecule is CCNC(=NCC(C)Cn1cccn1)NC1CCC(C)CC1. The minimum atomic E-state index is 0.474. The molecule has 22 heavy (non-hydrogen) atoms. The zero-order chi connectivity index (χ0) is 15.8. The van der Waals surface area contributed by atoms with Crippen LogP contribution in [0.1, 0.15) is 46.5 Å². The Labute approximate surface area is 134 Å². The van der Waals surface area contributed by atoms with Crippen molar-refractivity contribution in [2.45, 2.75) is 59.0 Å². The second kappa shape index (κ2) is 8.81. The Kier molecular flexibility index (Phi) is 6.74. The Balaban J connectivity index is 1.81. The molecular formula is C17H31N5. The van der Waals surface area contributed by atoms with Gasteiger partial charge in [-0.2, -0.15) is 5.10 Å². The smallest absolute Gasteiger partial charge is 0.191 e. The summed E-state index contributed by atoms with van der Waals surface area (Å²) in [4.78, 5) is 4.76. The van der Waals surface area contributed by atoms with Crippen LogP contribution >= 0.6 is 0 Å². The fourth-order valence-electron chi connectivity index (χ4n) is 2.95. The molecular weight excluding hydrogens is 274 g/mol. The molecule has 0 bridgehead atoms.